The number of ether oxygens (including phenoxy) is 2. The van der Waals surface area contributed by atoms with Gasteiger partial charge < -0.3 is 20.1 Å². The number of aromatic nitrogens is 2. The molecule has 2 heterocycles. The zero-order chi connectivity index (χ0) is 19.6. The van der Waals surface area contributed by atoms with Crippen LogP contribution in [0.15, 0.2) is 36.7 Å². The summed E-state index contributed by atoms with van der Waals surface area (Å²) in [6.07, 6.45) is 2.13. The van der Waals surface area contributed by atoms with Crippen molar-refractivity contribution in [3.8, 4) is 5.75 Å². The molecule has 0 atom stereocenters. The van der Waals surface area contributed by atoms with Crippen LogP contribution in [0.4, 0.5) is 5.82 Å². The van der Waals surface area contributed by atoms with Crippen LogP contribution in [0.5, 0.6) is 5.75 Å². The van der Waals surface area contributed by atoms with Gasteiger partial charge in [0.2, 0.25) is 0 Å². The molecule has 1 aromatic heterocycles. The fourth-order valence-corrected chi connectivity index (χ4v) is 2.98. The summed E-state index contributed by atoms with van der Waals surface area (Å²) >= 11 is 0. The van der Waals surface area contributed by atoms with Crippen LogP contribution in [0.1, 0.15) is 16.1 Å². The second-order valence-electron chi connectivity index (χ2n) is 6.53. The van der Waals surface area contributed by atoms with Gasteiger partial charge in [0.15, 0.2) is 0 Å². The summed E-state index contributed by atoms with van der Waals surface area (Å²) in [6, 6.07) is 9.50. The first-order valence-corrected chi connectivity index (χ1v) is 9.52. The molecule has 150 valence electrons. The number of hydrogen-bond donors (Lipinski definition) is 2. The number of carbonyl (C=O) groups excluding carboxylic acids is 1. The molecule has 1 saturated heterocycles. The SMILES string of the molecule is COc1cccc(CCNC(=O)c2cc(NCCN3CCOCC3)ncn2)c1. The first kappa shape index (κ1) is 20.0. The first-order valence-electron chi connectivity index (χ1n) is 9.52. The van der Waals surface area contributed by atoms with E-state index in [0.717, 1.165) is 57.1 Å². The highest BCUT2D eigenvalue weighted by Crippen LogP contribution is 2.12. The third kappa shape index (κ3) is 6.17. The molecule has 0 spiro atoms. The summed E-state index contributed by atoms with van der Waals surface area (Å²) in [6.45, 7) is 5.67. The fraction of sp³-hybridized carbons (Fsp3) is 0.450. The standard InChI is InChI=1S/C20H27N5O3/c1-27-17-4-2-3-16(13-17)5-6-22-20(26)18-14-19(24-15-23-18)21-7-8-25-9-11-28-12-10-25/h2-4,13-15H,5-12H2,1H3,(H,22,26)(H,21,23,24). The number of benzene rings is 1. The van der Waals surface area contributed by atoms with Gasteiger partial charge in [0.25, 0.3) is 5.91 Å². The molecule has 3 rings (SSSR count). The molecule has 0 unspecified atom stereocenters. The molecule has 0 bridgehead atoms. The molecular formula is C20H27N5O3. The Morgan fingerprint density at radius 1 is 1.21 bits per heavy atom. The molecule has 8 nitrogen and oxygen atoms in total. The molecule has 1 aliphatic heterocycles. The lowest BCUT2D eigenvalue weighted by Gasteiger charge is -2.26. The van der Waals surface area contributed by atoms with Gasteiger partial charge in [-0.2, -0.15) is 0 Å². The van der Waals surface area contributed by atoms with E-state index in [-0.39, 0.29) is 5.91 Å². The van der Waals surface area contributed by atoms with Gasteiger partial charge in [-0.05, 0) is 24.1 Å². The van der Waals surface area contributed by atoms with Gasteiger partial charge in [0.1, 0.15) is 23.6 Å². The maximum absolute atomic E-state index is 12.4. The molecule has 0 aliphatic carbocycles. The van der Waals surface area contributed by atoms with Crippen molar-refractivity contribution in [3.05, 3.63) is 47.9 Å². The minimum Gasteiger partial charge on any atom is -0.497 e. The molecule has 28 heavy (non-hydrogen) atoms. The summed E-state index contributed by atoms with van der Waals surface area (Å²) in [4.78, 5) is 23.0. The molecule has 0 saturated carbocycles. The molecule has 8 heteroatoms. The average Bonchev–Trinajstić information content (AvgIpc) is 2.75. The molecule has 1 fully saturated rings. The maximum atomic E-state index is 12.4. The smallest absolute Gasteiger partial charge is 0.270 e. The van der Waals surface area contributed by atoms with E-state index in [2.05, 4.69) is 25.5 Å². The monoisotopic (exact) mass is 385 g/mol. The Labute approximate surface area is 165 Å². The van der Waals surface area contributed by atoms with Gasteiger partial charge in [0.05, 0.1) is 20.3 Å². The third-order valence-electron chi connectivity index (χ3n) is 4.57. The molecule has 2 aromatic rings. The van der Waals surface area contributed by atoms with Gasteiger partial charge in [-0.25, -0.2) is 9.97 Å². The Kier molecular flexibility index (Phi) is 7.57. The number of methoxy groups -OCH3 is 1. The van der Waals surface area contributed by atoms with Crippen LogP contribution in [-0.2, 0) is 11.2 Å². The van der Waals surface area contributed by atoms with E-state index >= 15 is 0 Å². The number of nitrogens with zero attached hydrogens (tertiary/aromatic N) is 3. The molecule has 1 amide bonds. The number of nitrogens with one attached hydrogen (secondary N) is 2. The summed E-state index contributed by atoms with van der Waals surface area (Å²) in [7, 11) is 1.64. The highest BCUT2D eigenvalue weighted by atomic mass is 16.5. The number of amides is 1. The molecule has 1 aliphatic rings. The van der Waals surface area contributed by atoms with Crippen LogP contribution in [0, 0.1) is 0 Å². The fourth-order valence-electron chi connectivity index (χ4n) is 2.98. The first-order chi connectivity index (χ1) is 13.7. The van der Waals surface area contributed by atoms with Crippen LogP contribution >= 0.6 is 0 Å². The van der Waals surface area contributed by atoms with Crippen LogP contribution in [0.2, 0.25) is 0 Å². The Bertz CT molecular complexity index is 765. The van der Waals surface area contributed by atoms with Crippen molar-refractivity contribution in [1.82, 2.24) is 20.2 Å². The lowest BCUT2D eigenvalue weighted by molar-refractivity contribution is 0.0398. The van der Waals surface area contributed by atoms with Crippen molar-refractivity contribution in [1.29, 1.82) is 0 Å². The van der Waals surface area contributed by atoms with Gasteiger partial charge in [-0.1, -0.05) is 12.1 Å². The quantitative estimate of drug-likeness (QED) is 0.671. The lowest BCUT2D eigenvalue weighted by atomic mass is 10.1. The van der Waals surface area contributed by atoms with E-state index in [9.17, 15) is 4.79 Å². The zero-order valence-electron chi connectivity index (χ0n) is 16.2. The number of hydrogen-bond acceptors (Lipinski definition) is 7. The lowest BCUT2D eigenvalue weighted by Crippen LogP contribution is -2.39. The van der Waals surface area contributed by atoms with Crippen molar-refractivity contribution in [3.63, 3.8) is 0 Å². The summed E-state index contributed by atoms with van der Waals surface area (Å²) in [5.41, 5.74) is 1.46. The largest absolute Gasteiger partial charge is 0.497 e. The Balaban J connectivity index is 1.43. The second kappa shape index (κ2) is 10.6. The minimum absolute atomic E-state index is 0.207. The van der Waals surface area contributed by atoms with E-state index < -0.39 is 0 Å². The normalized spacial score (nSPS) is 14.5. The van der Waals surface area contributed by atoms with Crippen molar-refractivity contribution < 1.29 is 14.3 Å². The second-order valence-corrected chi connectivity index (χ2v) is 6.53. The van der Waals surface area contributed by atoms with Crippen molar-refractivity contribution in [2.75, 3.05) is 58.4 Å². The van der Waals surface area contributed by atoms with Gasteiger partial charge in [0, 0.05) is 38.8 Å². The maximum Gasteiger partial charge on any atom is 0.270 e. The highest BCUT2D eigenvalue weighted by Gasteiger charge is 2.11. The Hall–Kier alpha value is -2.71. The van der Waals surface area contributed by atoms with Crippen LogP contribution in [0.3, 0.4) is 0 Å². The van der Waals surface area contributed by atoms with E-state index in [1.807, 2.05) is 24.3 Å². The van der Waals surface area contributed by atoms with Crippen LogP contribution in [-0.4, -0.2) is 73.8 Å². The number of rotatable bonds is 9. The predicted molar refractivity (Wildman–Crippen MR) is 107 cm³/mol. The Morgan fingerprint density at radius 3 is 2.89 bits per heavy atom. The molecule has 2 N–H and O–H groups in total. The van der Waals surface area contributed by atoms with Crippen molar-refractivity contribution >= 4 is 11.7 Å². The van der Waals surface area contributed by atoms with Gasteiger partial charge in [-0.3, -0.25) is 9.69 Å². The third-order valence-corrected chi connectivity index (χ3v) is 4.57. The van der Waals surface area contributed by atoms with E-state index in [0.29, 0.717) is 18.1 Å². The van der Waals surface area contributed by atoms with Gasteiger partial charge >= 0.3 is 0 Å². The number of morpholine rings is 1. The van der Waals surface area contributed by atoms with Crippen molar-refractivity contribution in [2.45, 2.75) is 6.42 Å². The molecule has 0 radical (unpaired) electrons. The summed E-state index contributed by atoms with van der Waals surface area (Å²) in [5.74, 6) is 1.26. The Morgan fingerprint density at radius 2 is 2.07 bits per heavy atom. The van der Waals surface area contributed by atoms with E-state index in [4.69, 9.17) is 9.47 Å². The predicted octanol–water partition coefficient (Wildman–Crippen LogP) is 1.20. The van der Waals surface area contributed by atoms with E-state index in [1.165, 1.54) is 6.33 Å². The number of carbonyl (C=O) groups is 1. The topological polar surface area (TPSA) is 88.6 Å². The summed E-state index contributed by atoms with van der Waals surface area (Å²) < 4.78 is 10.6. The average molecular weight is 385 g/mol. The van der Waals surface area contributed by atoms with E-state index in [1.54, 1.807) is 13.2 Å². The van der Waals surface area contributed by atoms with Gasteiger partial charge in [-0.15, -0.1) is 0 Å². The van der Waals surface area contributed by atoms with Crippen LogP contribution < -0.4 is 15.4 Å². The minimum atomic E-state index is -0.207. The molecular weight excluding hydrogens is 358 g/mol. The van der Waals surface area contributed by atoms with Crippen molar-refractivity contribution in [2.24, 2.45) is 0 Å². The highest BCUT2D eigenvalue weighted by molar-refractivity contribution is 5.92. The van der Waals surface area contributed by atoms with Crippen LogP contribution in [0.25, 0.3) is 0 Å². The molecule has 1 aromatic carbocycles. The summed E-state index contributed by atoms with van der Waals surface area (Å²) in [5, 5.41) is 6.15. The number of anilines is 1. The zero-order valence-corrected chi connectivity index (χ0v) is 16.2.